The third-order valence-electron chi connectivity index (χ3n) is 3.48. The highest BCUT2D eigenvalue weighted by atomic mass is 79.9. The van der Waals surface area contributed by atoms with Crippen LogP contribution < -0.4 is 15.0 Å². The van der Waals surface area contributed by atoms with Gasteiger partial charge in [0.2, 0.25) is 0 Å². The van der Waals surface area contributed by atoms with Crippen LogP contribution in [0.1, 0.15) is 0 Å². The van der Waals surface area contributed by atoms with Crippen LogP contribution in [0.5, 0.6) is 5.75 Å². The fourth-order valence-corrected chi connectivity index (χ4v) is 2.68. The van der Waals surface area contributed by atoms with Crippen LogP contribution in [-0.4, -0.2) is 31.8 Å². The largest absolute Gasteiger partial charge is 0.481 e. The van der Waals surface area contributed by atoms with E-state index < -0.39 is 17.8 Å². The van der Waals surface area contributed by atoms with E-state index in [2.05, 4.69) is 21.2 Å². The monoisotopic (exact) mass is 408 g/mol. The quantitative estimate of drug-likeness (QED) is 0.820. The summed E-state index contributed by atoms with van der Waals surface area (Å²) in [5.74, 6) is -1.06. The molecular formula is C17H14BrFN2O4. The standard InChI is InChI=1S/C17H14BrFN2O4/c18-11-5-6-15(12(19)9-11)25-10-16(22)20-13-3-1-2-4-14(13)21-7-8-24-17(21)23/h1-6,9H,7-8,10H2,(H,20,22). The van der Waals surface area contributed by atoms with Crippen molar-refractivity contribution in [2.24, 2.45) is 0 Å². The summed E-state index contributed by atoms with van der Waals surface area (Å²) in [5.41, 5.74) is 0.986. The Labute approximate surface area is 151 Å². The van der Waals surface area contributed by atoms with E-state index in [1.165, 1.54) is 17.0 Å². The average molecular weight is 409 g/mol. The lowest BCUT2D eigenvalue weighted by Crippen LogP contribution is -2.26. The number of para-hydroxylation sites is 2. The first kappa shape index (κ1) is 17.2. The van der Waals surface area contributed by atoms with Crippen LogP contribution in [0.2, 0.25) is 0 Å². The van der Waals surface area contributed by atoms with Gasteiger partial charge >= 0.3 is 6.09 Å². The van der Waals surface area contributed by atoms with Crippen molar-refractivity contribution in [3.05, 3.63) is 52.8 Å². The minimum absolute atomic E-state index is 0.0187. The second-order valence-electron chi connectivity index (χ2n) is 5.19. The van der Waals surface area contributed by atoms with Crippen molar-refractivity contribution in [1.29, 1.82) is 0 Å². The summed E-state index contributed by atoms with van der Waals surface area (Å²) in [6.45, 7) is 0.344. The molecule has 1 heterocycles. The van der Waals surface area contributed by atoms with Gasteiger partial charge in [0.15, 0.2) is 18.2 Å². The SMILES string of the molecule is O=C(COc1ccc(Br)cc1F)Nc1ccccc1N1CCOC1=O. The molecule has 6 nitrogen and oxygen atoms in total. The molecule has 130 valence electrons. The molecular weight excluding hydrogens is 395 g/mol. The number of hydrogen-bond acceptors (Lipinski definition) is 4. The van der Waals surface area contributed by atoms with Gasteiger partial charge in [-0.1, -0.05) is 28.1 Å². The van der Waals surface area contributed by atoms with E-state index in [1.54, 1.807) is 30.3 Å². The molecule has 0 aromatic heterocycles. The highest BCUT2D eigenvalue weighted by Gasteiger charge is 2.25. The van der Waals surface area contributed by atoms with Crippen LogP contribution in [0.25, 0.3) is 0 Å². The summed E-state index contributed by atoms with van der Waals surface area (Å²) >= 11 is 3.15. The highest BCUT2D eigenvalue weighted by molar-refractivity contribution is 9.10. The molecule has 0 radical (unpaired) electrons. The fourth-order valence-electron chi connectivity index (χ4n) is 2.35. The third-order valence-corrected chi connectivity index (χ3v) is 3.98. The predicted octanol–water partition coefficient (Wildman–Crippen LogP) is 3.56. The number of nitrogens with one attached hydrogen (secondary N) is 1. The van der Waals surface area contributed by atoms with Gasteiger partial charge in [-0.3, -0.25) is 9.69 Å². The maximum atomic E-state index is 13.7. The number of carbonyl (C=O) groups is 2. The number of cyclic esters (lactones) is 1. The molecule has 1 aliphatic rings. The Bertz CT molecular complexity index is 815. The molecule has 1 fully saturated rings. The smallest absolute Gasteiger partial charge is 0.414 e. The second kappa shape index (κ2) is 7.52. The number of hydrogen-bond donors (Lipinski definition) is 1. The number of amides is 2. The first-order valence-electron chi connectivity index (χ1n) is 7.45. The number of nitrogens with zero attached hydrogens (tertiary/aromatic N) is 1. The first-order chi connectivity index (χ1) is 12.0. The lowest BCUT2D eigenvalue weighted by molar-refractivity contribution is -0.118. The van der Waals surface area contributed by atoms with Gasteiger partial charge in [-0.25, -0.2) is 9.18 Å². The lowest BCUT2D eigenvalue weighted by Gasteiger charge is -2.17. The van der Waals surface area contributed by atoms with Gasteiger partial charge in [0, 0.05) is 4.47 Å². The van der Waals surface area contributed by atoms with Crippen molar-refractivity contribution < 1.29 is 23.5 Å². The lowest BCUT2D eigenvalue weighted by atomic mass is 10.2. The maximum Gasteiger partial charge on any atom is 0.414 e. The predicted molar refractivity (Wildman–Crippen MR) is 93.4 cm³/mol. The maximum absolute atomic E-state index is 13.7. The molecule has 0 bridgehead atoms. The molecule has 2 amide bonds. The van der Waals surface area contributed by atoms with Gasteiger partial charge in [-0.05, 0) is 30.3 Å². The number of anilines is 2. The molecule has 3 rings (SSSR count). The molecule has 0 saturated carbocycles. The van der Waals surface area contributed by atoms with E-state index in [1.807, 2.05) is 0 Å². The van der Waals surface area contributed by atoms with Crippen molar-refractivity contribution in [3.8, 4) is 5.75 Å². The summed E-state index contributed by atoms with van der Waals surface area (Å²) in [6, 6.07) is 11.2. The highest BCUT2D eigenvalue weighted by Crippen LogP contribution is 2.28. The minimum atomic E-state index is -0.567. The number of halogens is 2. The molecule has 1 N–H and O–H groups in total. The third kappa shape index (κ3) is 4.08. The summed E-state index contributed by atoms with van der Waals surface area (Å²) in [6.07, 6.45) is -0.463. The summed E-state index contributed by atoms with van der Waals surface area (Å²) in [4.78, 5) is 25.3. The zero-order valence-electron chi connectivity index (χ0n) is 13.0. The number of carbonyl (C=O) groups excluding carboxylic acids is 2. The van der Waals surface area contributed by atoms with Gasteiger partial charge in [0.1, 0.15) is 6.61 Å². The normalized spacial score (nSPS) is 13.5. The number of ether oxygens (including phenoxy) is 2. The second-order valence-corrected chi connectivity index (χ2v) is 6.11. The van der Waals surface area contributed by atoms with Crippen molar-refractivity contribution in [3.63, 3.8) is 0 Å². The fraction of sp³-hybridized carbons (Fsp3) is 0.176. The Morgan fingerprint density at radius 3 is 2.84 bits per heavy atom. The van der Waals surface area contributed by atoms with Crippen LogP contribution in [0.15, 0.2) is 46.9 Å². The van der Waals surface area contributed by atoms with E-state index in [0.717, 1.165) is 0 Å². The van der Waals surface area contributed by atoms with Crippen LogP contribution in [-0.2, 0) is 9.53 Å². The topological polar surface area (TPSA) is 67.9 Å². The Hall–Kier alpha value is -2.61. The van der Waals surface area contributed by atoms with Gasteiger partial charge in [-0.2, -0.15) is 0 Å². The molecule has 25 heavy (non-hydrogen) atoms. The Morgan fingerprint density at radius 1 is 1.32 bits per heavy atom. The Morgan fingerprint density at radius 2 is 2.12 bits per heavy atom. The van der Waals surface area contributed by atoms with Crippen LogP contribution in [0.3, 0.4) is 0 Å². The van der Waals surface area contributed by atoms with E-state index in [0.29, 0.717) is 29.0 Å². The van der Waals surface area contributed by atoms with E-state index >= 15 is 0 Å². The van der Waals surface area contributed by atoms with Gasteiger partial charge < -0.3 is 14.8 Å². The summed E-state index contributed by atoms with van der Waals surface area (Å²) < 4.78 is 24.4. The molecule has 1 aliphatic heterocycles. The zero-order chi connectivity index (χ0) is 17.8. The minimum Gasteiger partial charge on any atom is -0.481 e. The van der Waals surface area contributed by atoms with Gasteiger partial charge in [0.05, 0.1) is 17.9 Å². The molecule has 0 spiro atoms. The van der Waals surface area contributed by atoms with Crippen molar-refractivity contribution in [2.75, 3.05) is 30.0 Å². The van der Waals surface area contributed by atoms with Gasteiger partial charge in [-0.15, -0.1) is 0 Å². The molecule has 1 saturated heterocycles. The molecule has 2 aromatic rings. The molecule has 0 atom stereocenters. The van der Waals surface area contributed by atoms with Crippen LogP contribution >= 0.6 is 15.9 Å². The van der Waals surface area contributed by atoms with E-state index in [4.69, 9.17) is 9.47 Å². The van der Waals surface area contributed by atoms with Gasteiger partial charge in [0.25, 0.3) is 5.91 Å². The van der Waals surface area contributed by atoms with E-state index in [-0.39, 0.29) is 12.4 Å². The van der Waals surface area contributed by atoms with Crippen molar-refractivity contribution in [2.45, 2.75) is 0 Å². The van der Waals surface area contributed by atoms with Crippen molar-refractivity contribution in [1.82, 2.24) is 0 Å². The summed E-state index contributed by atoms with van der Waals surface area (Å²) in [7, 11) is 0. The Kier molecular flexibility index (Phi) is 5.18. The van der Waals surface area contributed by atoms with Crippen molar-refractivity contribution >= 4 is 39.3 Å². The van der Waals surface area contributed by atoms with Crippen LogP contribution in [0.4, 0.5) is 20.6 Å². The number of benzene rings is 2. The molecule has 2 aromatic carbocycles. The average Bonchev–Trinajstić information content (AvgIpc) is 3.00. The summed E-state index contributed by atoms with van der Waals surface area (Å²) in [5, 5.41) is 2.66. The molecule has 8 heteroatoms. The van der Waals surface area contributed by atoms with Crippen LogP contribution in [0, 0.1) is 5.82 Å². The zero-order valence-corrected chi connectivity index (χ0v) is 14.6. The Balaban J connectivity index is 1.66. The number of rotatable bonds is 5. The molecule has 0 aliphatic carbocycles. The first-order valence-corrected chi connectivity index (χ1v) is 8.25. The molecule has 0 unspecified atom stereocenters. The van der Waals surface area contributed by atoms with E-state index in [9.17, 15) is 14.0 Å².